The molecule has 0 saturated carbocycles. The zero-order valence-corrected chi connectivity index (χ0v) is 14.0. The number of hydrogen-bond acceptors (Lipinski definition) is 4. The van der Waals surface area contributed by atoms with Gasteiger partial charge in [0.05, 0.1) is 11.1 Å². The fraction of sp³-hybridized carbons (Fsp3) is 0.111. The van der Waals surface area contributed by atoms with Gasteiger partial charge in [-0.1, -0.05) is 6.07 Å². The van der Waals surface area contributed by atoms with E-state index in [4.69, 9.17) is 0 Å². The van der Waals surface area contributed by atoms with Crippen LogP contribution in [-0.4, -0.2) is 30.8 Å². The average molecular weight is 374 g/mol. The Kier molecular flexibility index (Phi) is 4.76. The molecule has 6 nitrogen and oxygen atoms in total. The molecular formula is C18H13F3N4O2. The Bertz CT molecular complexity index is 1010. The van der Waals surface area contributed by atoms with Crippen molar-refractivity contribution in [2.24, 2.45) is 0 Å². The molecule has 0 aliphatic rings. The number of carbonyl (C=O) groups is 1. The molecule has 9 heteroatoms. The molecule has 0 radical (unpaired) electrons. The minimum Gasteiger partial charge on any atom is -0.478 e. The minimum atomic E-state index is -4.49. The van der Waals surface area contributed by atoms with Crippen molar-refractivity contribution in [1.82, 2.24) is 19.7 Å². The van der Waals surface area contributed by atoms with Crippen LogP contribution in [0.5, 0.6) is 0 Å². The van der Waals surface area contributed by atoms with Crippen LogP contribution in [0.4, 0.5) is 13.2 Å². The smallest absolute Gasteiger partial charge is 0.416 e. The Morgan fingerprint density at radius 3 is 2.67 bits per heavy atom. The molecular weight excluding hydrogens is 361 g/mol. The molecule has 27 heavy (non-hydrogen) atoms. The number of benzene rings is 1. The monoisotopic (exact) mass is 374 g/mol. The molecule has 0 aliphatic heterocycles. The highest BCUT2D eigenvalue weighted by Gasteiger charge is 2.31. The number of pyridine rings is 1. The first-order valence-electron chi connectivity index (χ1n) is 7.70. The molecule has 0 saturated heterocycles. The van der Waals surface area contributed by atoms with Crippen LogP contribution in [0.25, 0.3) is 23.2 Å². The number of aromatic nitrogens is 4. The number of carboxylic acid groups (broad SMARTS) is 1. The van der Waals surface area contributed by atoms with Crippen LogP contribution in [0, 0.1) is 6.92 Å². The van der Waals surface area contributed by atoms with Crippen LogP contribution in [0.2, 0.25) is 0 Å². The first-order chi connectivity index (χ1) is 12.7. The molecule has 2 aromatic heterocycles. The molecule has 2 heterocycles. The normalized spacial score (nSPS) is 12.2. The highest BCUT2D eigenvalue weighted by atomic mass is 19.4. The van der Waals surface area contributed by atoms with E-state index in [1.54, 1.807) is 19.1 Å². The second-order valence-corrected chi connectivity index (χ2v) is 5.72. The van der Waals surface area contributed by atoms with Crippen LogP contribution >= 0.6 is 0 Å². The number of halogens is 3. The van der Waals surface area contributed by atoms with Crippen LogP contribution in [0.15, 0.2) is 49.1 Å². The fourth-order valence-electron chi connectivity index (χ4n) is 2.45. The van der Waals surface area contributed by atoms with Crippen molar-refractivity contribution in [3.8, 4) is 11.4 Å². The van der Waals surface area contributed by atoms with E-state index in [0.29, 0.717) is 11.1 Å². The van der Waals surface area contributed by atoms with Gasteiger partial charge in [-0.25, -0.2) is 14.5 Å². The van der Waals surface area contributed by atoms with Crippen molar-refractivity contribution in [1.29, 1.82) is 0 Å². The Morgan fingerprint density at radius 1 is 1.26 bits per heavy atom. The number of nitrogens with zero attached hydrogens (tertiary/aromatic N) is 4. The van der Waals surface area contributed by atoms with E-state index in [1.165, 1.54) is 31.0 Å². The topological polar surface area (TPSA) is 80.9 Å². The molecule has 1 aromatic carbocycles. The lowest BCUT2D eigenvalue weighted by Gasteiger charge is -2.09. The minimum absolute atomic E-state index is 0.0522. The van der Waals surface area contributed by atoms with Crippen LogP contribution < -0.4 is 0 Å². The molecule has 0 aliphatic carbocycles. The van der Waals surface area contributed by atoms with Crippen molar-refractivity contribution < 1.29 is 23.1 Å². The van der Waals surface area contributed by atoms with Crippen molar-refractivity contribution in [3.63, 3.8) is 0 Å². The summed E-state index contributed by atoms with van der Waals surface area (Å²) in [4.78, 5) is 19.4. The number of rotatable bonds is 4. The van der Waals surface area contributed by atoms with Gasteiger partial charge in [-0.2, -0.15) is 13.2 Å². The van der Waals surface area contributed by atoms with Crippen molar-refractivity contribution in [2.45, 2.75) is 13.1 Å². The van der Waals surface area contributed by atoms with Crippen molar-refractivity contribution in [2.75, 3.05) is 0 Å². The molecule has 0 bridgehead atoms. The SMILES string of the molecule is Cc1cc(-c2ncn(/C=C(/C(=O)O)c3cccnc3)n2)cc(C(F)(F)F)c1. The molecule has 3 aromatic rings. The third-order valence-corrected chi connectivity index (χ3v) is 3.64. The predicted octanol–water partition coefficient (Wildman–Crippen LogP) is 3.75. The van der Waals surface area contributed by atoms with Gasteiger partial charge >= 0.3 is 12.1 Å². The molecule has 138 valence electrons. The number of hydrogen-bond donors (Lipinski definition) is 1. The number of aliphatic carboxylic acids is 1. The van der Waals surface area contributed by atoms with Crippen LogP contribution in [0.1, 0.15) is 16.7 Å². The van der Waals surface area contributed by atoms with E-state index in [1.807, 2.05) is 0 Å². The Balaban J connectivity index is 2.00. The molecule has 0 amide bonds. The largest absolute Gasteiger partial charge is 0.478 e. The summed E-state index contributed by atoms with van der Waals surface area (Å²) in [6.07, 6.45) is 0.848. The standard InChI is InChI=1S/C18H13F3N4O2/c1-11-5-13(7-14(6-11)18(19,20)21)16-23-10-25(24-16)9-15(17(26)27)12-3-2-4-22-8-12/h2-10H,1H3,(H,26,27)/b15-9+. The molecule has 0 fully saturated rings. The zero-order chi connectivity index (χ0) is 19.6. The molecule has 0 unspecified atom stereocenters. The molecule has 0 spiro atoms. The fourth-order valence-corrected chi connectivity index (χ4v) is 2.45. The highest BCUT2D eigenvalue weighted by molar-refractivity contribution is 6.19. The number of alkyl halides is 3. The third-order valence-electron chi connectivity index (χ3n) is 3.64. The van der Waals surface area contributed by atoms with E-state index in [2.05, 4.69) is 15.1 Å². The van der Waals surface area contributed by atoms with Gasteiger partial charge in [0, 0.05) is 29.7 Å². The maximum absolute atomic E-state index is 13.0. The summed E-state index contributed by atoms with van der Waals surface area (Å²) in [5, 5.41) is 13.5. The summed E-state index contributed by atoms with van der Waals surface area (Å²) < 4.78 is 40.1. The van der Waals surface area contributed by atoms with Gasteiger partial charge in [0.2, 0.25) is 0 Å². The van der Waals surface area contributed by atoms with Gasteiger partial charge in [0.25, 0.3) is 0 Å². The maximum atomic E-state index is 13.0. The summed E-state index contributed by atoms with van der Waals surface area (Å²) in [6, 6.07) is 6.67. The van der Waals surface area contributed by atoms with Crippen LogP contribution in [-0.2, 0) is 11.0 Å². The summed E-state index contributed by atoms with van der Waals surface area (Å²) in [5.74, 6) is -1.15. The zero-order valence-electron chi connectivity index (χ0n) is 14.0. The van der Waals surface area contributed by atoms with E-state index < -0.39 is 17.7 Å². The second-order valence-electron chi connectivity index (χ2n) is 5.72. The molecule has 3 rings (SSSR count). The second kappa shape index (κ2) is 7.02. The van der Waals surface area contributed by atoms with Gasteiger partial charge in [-0.3, -0.25) is 4.98 Å². The number of carboxylic acids is 1. The summed E-state index contributed by atoms with van der Waals surface area (Å²) in [5.41, 5.74) is 0.0729. The van der Waals surface area contributed by atoms with E-state index in [9.17, 15) is 23.1 Å². The van der Waals surface area contributed by atoms with Crippen LogP contribution in [0.3, 0.4) is 0 Å². The van der Waals surface area contributed by atoms with Gasteiger partial charge in [-0.05, 0) is 36.8 Å². The number of aryl methyl sites for hydroxylation is 1. The highest BCUT2D eigenvalue weighted by Crippen LogP contribution is 2.32. The average Bonchev–Trinajstić information content (AvgIpc) is 3.08. The van der Waals surface area contributed by atoms with E-state index in [-0.39, 0.29) is 17.0 Å². The lowest BCUT2D eigenvalue weighted by molar-refractivity contribution is -0.137. The lowest BCUT2D eigenvalue weighted by atomic mass is 10.1. The first kappa shape index (κ1) is 18.3. The summed E-state index contributed by atoms with van der Waals surface area (Å²) in [6.45, 7) is 1.54. The maximum Gasteiger partial charge on any atom is 0.416 e. The van der Waals surface area contributed by atoms with Gasteiger partial charge < -0.3 is 5.11 Å². The van der Waals surface area contributed by atoms with Crippen molar-refractivity contribution in [3.05, 3.63) is 65.7 Å². The summed E-state index contributed by atoms with van der Waals surface area (Å²) in [7, 11) is 0. The first-order valence-corrected chi connectivity index (χ1v) is 7.70. The summed E-state index contributed by atoms with van der Waals surface area (Å²) >= 11 is 0. The Morgan fingerprint density at radius 2 is 2.04 bits per heavy atom. The van der Waals surface area contributed by atoms with Gasteiger partial charge in [-0.15, -0.1) is 5.10 Å². The van der Waals surface area contributed by atoms with Crippen molar-refractivity contribution >= 4 is 17.7 Å². The van der Waals surface area contributed by atoms with Gasteiger partial charge in [0.1, 0.15) is 6.33 Å². The van der Waals surface area contributed by atoms with Gasteiger partial charge in [0.15, 0.2) is 5.82 Å². The Labute approximate surface area is 151 Å². The quantitative estimate of drug-likeness (QED) is 0.704. The predicted molar refractivity (Wildman–Crippen MR) is 91.2 cm³/mol. The molecule has 1 N–H and O–H groups in total. The Hall–Kier alpha value is -3.49. The third kappa shape index (κ3) is 4.20. The molecule has 0 atom stereocenters. The lowest BCUT2D eigenvalue weighted by Crippen LogP contribution is -2.05. The van der Waals surface area contributed by atoms with E-state index >= 15 is 0 Å². The van der Waals surface area contributed by atoms with E-state index in [0.717, 1.165) is 16.8 Å².